The Bertz CT molecular complexity index is 2040. The van der Waals surface area contributed by atoms with Crippen molar-refractivity contribution in [3.63, 3.8) is 0 Å². The second-order valence-electron chi connectivity index (χ2n) is 10.3. The van der Waals surface area contributed by atoms with Crippen LogP contribution < -0.4 is 33.7 Å². The molecule has 0 fully saturated rings. The maximum atomic E-state index is 14.6. The zero-order chi connectivity index (χ0) is 37.2. The van der Waals surface area contributed by atoms with Gasteiger partial charge in [0.1, 0.15) is 19.1 Å². The van der Waals surface area contributed by atoms with Gasteiger partial charge < -0.3 is 23.9 Å². The topological polar surface area (TPSA) is 146 Å². The Labute approximate surface area is 322 Å². The zero-order valence-electron chi connectivity index (χ0n) is 27.7. The van der Waals surface area contributed by atoms with E-state index in [0.717, 1.165) is 24.3 Å². The monoisotopic (exact) mass is 771 g/mol. The van der Waals surface area contributed by atoms with Crippen LogP contribution in [0.3, 0.4) is 0 Å². The van der Waals surface area contributed by atoms with Gasteiger partial charge in [0.05, 0.1) is 29.8 Å². The Morgan fingerprint density at radius 1 is 0.692 bits per heavy atom. The molecule has 0 aliphatic carbocycles. The van der Waals surface area contributed by atoms with Crippen molar-refractivity contribution in [1.82, 2.24) is 0 Å². The summed E-state index contributed by atoms with van der Waals surface area (Å²) in [6.07, 6.45) is 1.30. The van der Waals surface area contributed by atoms with Crippen LogP contribution in [0, 0.1) is 23.3 Å². The molecule has 4 aromatic rings. The second kappa shape index (κ2) is 19.7. The maximum absolute atomic E-state index is 14.6. The maximum Gasteiger partial charge on any atom is 1.00 e. The number of aliphatic hydroxyl groups excluding tert-OH is 1. The molecular formula is C35H28F4NaO10S2+. The quantitative estimate of drug-likeness (QED) is 0.0463. The molecule has 17 heteroatoms. The van der Waals surface area contributed by atoms with Crippen molar-refractivity contribution in [2.75, 3.05) is 33.4 Å². The molecule has 0 heterocycles. The molecule has 2 unspecified atom stereocenters. The predicted molar refractivity (Wildman–Crippen MR) is 179 cm³/mol. The van der Waals surface area contributed by atoms with Crippen LogP contribution in [0.25, 0.3) is 22.3 Å². The van der Waals surface area contributed by atoms with Crippen molar-refractivity contribution in [1.29, 1.82) is 0 Å². The van der Waals surface area contributed by atoms with Gasteiger partial charge in [-0.2, -0.15) is 0 Å². The number of rotatable bonds is 15. The molecule has 52 heavy (non-hydrogen) atoms. The smallest absolute Gasteiger partial charge is 0.478 e. The first-order chi connectivity index (χ1) is 24.3. The number of hydrogen-bond acceptors (Lipinski definition) is 9. The van der Waals surface area contributed by atoms with E-state index in [1.54, 1.807) is 0 Å². The van der Waals surface area contributed by atoms with Crippen molar-refractivity contribution in [2.24, 2.45) is 0 Å². The summed E-state index contributed by atoms with van der Waals surface area (Å²) in [7, 11) is 1.20. The fraction of sp³-hybridized carbons (Fsp3) is 0.143. The van der Waals surface area contributed by atoms with Crippen LogP contribution in [0.1, 0.15) is 22.3 Å². The summed E-state index contributed by atoms with van der Waals surface area (Å²) in [5.41, 5.74) is -1.32. The zero-order valence-corrected chi connectivity index (χ0v) is 31.3. The van der Waals surface area contributed by atoms with E-state index in [9.17, 15) is 45.8 Å². The van der Waals surface area contributed by atoms with E-state index in [0.29, 0.717) is 12.1 Å². The third-order valence-corrected chi connectivity index (χ3v) is 8.47. The molecule has 0 saturated carbocycles. The summed E-state index contributed by atoms with van der Waals surface area (Å²) in [6.45, 7) is -2.12. The van der Waals surface area contributed by atoms with E-state index >= 15 is 0 Å². The van der Waals surface area contributed by atoms with E-state index in [1.165, 1.54) is 61.9 Å². The van der Waals surface area contributed by atoms with Crippen molar-refractivity contribution in [3.8, 4) is 5.75 Å². The minimum Gasteiger partial charge on any atom is -0.478 e. The van der Waals surface area contributed by atoms with E-state index in [1.807, 2.05) is 0 Å². The van der Waals surface area contributed by atoms with Gasteiger partial charge >= 0.3 is 41.5 Å². The van der Waals surface area contributed by atoms with Gasteiger partial charge in [0.25, 0.3) is 0 Å². The summed E-state index contributed by atoms with van der Waals surface area (Å²) < 4.78 is 101. The summed E-state index contributed by atoms with van der Waals surface area (Å²) in [4.78, 5) is 26.9. The molecule has 0 amide bonds. The van der Waals surface area contributed by atoms with E-state index in [2.05, 4.69) is 0 Å². The van der Waals surface area contributed by atoms with Crippen molar-refractivity contribution < 1.29 is 93.2 Å². The van der Waals surface area contributed by atoms with Gasteiger partial charge in [0.2, 0.25) is 11.1 Å². The van der Waals surface area contributed by atoms with Crippen molar-refractivity contribution in [2.45, 2.75) is 4.90 Å². The van der Waals surface area contributed by atoms with Crippen molar-refractivity contribution in [3.05, 3.63) is 130 Å². The number of hydrogen-bond donors (Lipinski definition) is 2. The van der Waals surface area contributed by atoms with Crippen LogP contribution in [0.4, 0.5) is 17.6 Å². The Morgan fingerprint density at radius 2 is 1.17 bits per heavy atom. The number of carboxylic acid groups (broad SMARTS) is 1. The minimum atomic E-state index is -1.87. The molecule has 2 atom stereocenters. The number of aliphatic carboxylic acids is 1. The minimum absolute atomic E-state index is 0. The third-order valence-electron chi connectivity index (χ3n) is 7.09. The fourth-order valence-electron chi connectivity index (χ4n) is 4.81. The Hall–Kier alpha value is -4.00. The van der Waals surface area contributed by atoms with Crippen LogP contribution in [0.15, 0.2) is 89.8 Å². The second-order valence-corrected chi connectivity index (χ2v) is 12.5. The number of carbonyl (C=O) groups is 2. The molecule has 10 nitrogen and oxygen atoms in total. The molecule has 0 radical (unpaired) electrons. The molecule has 4 rings (SSSR count). The van der Waals surface area contributed by atoms with E-state index < -0.39 is 82.9 Å². The van der Waals surface area contributed by atoms with Crippen molar-refractivity contribution >= 4 is 56.4 Å². The number of esters is 1. The Kier molecular flexibility index (Phi) is 16.1. The standard InChI is InChI=1S/C35H28F4O10S2.Na/c1-46-51(45)25-11-5-21(6-12-25)27(32(34(41)42)22-7-13-28(36)30(38)15-22)18-48-35(43)33(23-8-14-29(37)31(39)16-23)26(17-47-19-40)20-3-9-24(10-4-20)49-50(2)44;/h3-16,40H,17-19H2,1-2H3,(H,41,42);/q;+1/b32-27+,33-26+;. The van der Waals surface area contributed by atoms with Gasteiger partial charge in [-0.15, -0.1) is 0 Å². The number of benzene rings is 4. The molecular weight excluding hydrogens is 743 g/mol. The summed E-state index contributed by atoms with van der Waals surface area (Å²) in [5.74, 6) is -7.77. The summed E-state index contributed by atoms with van der Waals surface area (Å²) >= 11 is -3.54. The molecule has 2 N–H and O–H groups in total. The first-order valence-corrected chi connectivity index (χ1v) is 17.0. The van der Waals surface area contributed by atoms with Crippen LogP contribution >= 0.6 is 0 Å². The molecule has 0 spiro atoms. The summed E-state index contributed by atoms with van der Waals surface area (Å²) in [6, 6.07) is 16.0. The number of halogens is 4. The normalized spacial score (nSPS) is 13.2. The Morgan fingerprint density at radius 3 is 1.63 bits per heavy atom. The largest absolute Gasteiger partial charge is 1.00 e. The average Bonchev–Trinajstić information content (AvgIpc) is 3.10. The number of ether oxygens (including phenoxy) is 2. The number of carboxylic acids is 1. The SMILES string of the molecule is COS(=O)c1ccc(/C(COC(=O)/C(=C(\COCO)c2ccc(OS(C)=O)cc2)c2ccc(F)c(F)c2)=C(/C(=O)O)c2ccc(F)c(F)c2)cc1.[Na+]. The van der Waals surface area contributed by atoms with Crippen LogP contribution in [0.2, 0.25) is 0 Å². The average molecular weight is 772 g/mol. The van der Waals surface area contributed by atoms with Gasteiger partial charge in [-0.3, -0.25) is 4.18 Å². The van der Waals surface area contributed by atoms with Gasteiger partial charge in [0.15, 0.2) is 34.3 Å². The molecule has 0 bridgehead atoms. The molecule has 0 aromatic heterocycles. The first kappa shape index (κ1) is 42.4. The van der Waals surface area contributed by atoms with Gasteiger partial charge in [-0.25, -0.2) is 35.6 Å². The van der Waals surface area contributed by atoms with E-state index in [-0.39, 0.29) is 79.2 Å². The molecule has 4 aromatic carbocycles. The summed E-state index contributed by atoms with van der Waals surface area (Å²) in [5, 5.41) is 19.7. The van der Waals surface area contributed by atoms with Crippen LogP contribution in [0.5, 0.6) is 5.75 Å². The number of carbonyl (C=O) groups excluding carboxylic acids is 1. The van der Waals surface area contributed by atoms with E-state index in [4.69, 9.17) is 17.8 Å². The van der Waals surface area contributed by atoms with Gasteiger partial charge in [-0.05, 0) is 70.8 Å². The van der Waals surface area contributed by atoms with Gasteiger partial charge in [-0.1, -0.05) is 36.4 Å². The predicted octanol–water partition coefficient (Wildman–Crippen LogP) is 2.70. The first-order valence-electron chi connectivity index (χ1n) is 14.5. The molecule has 0 aliphatic heterocycles. The third kappa shape index (κ3) is 10.8. The molecule has 0 aliphatic rings. The van der Waals surface area contributed by atoms with Gasteiger partial charge in [0, 0.05) is 17.4 Å². The number of aliphatic hydroxyl groups is 1. The molecule has 0 saturated heterocycles. The Balaban J connectivity index is 0.00000729. The molecule has 268 valence electrons. The van der Waals surface area contributed by atoms with Crippen LogP contribution in [-0.4, -0.2) is 63.9 Å². The van der Waals surface area contributed by atoms with Crippen LogP contribution in [-0.2, 0) is 45.4 Å². The fourth-order valence-corrected chi connectivity index (χ4v) is 5.75.